The summed E-state index contributed by atoms with van der Waals surface area (Å²) < 4.78 is 31.4. The summed E-state index contributed by atoms with van der Waals surface area (Å²) in [5.41, 5.74) is 0.394. The Morgan fingerprint density at radius 3 is 2.48 bits per heavy atom. The summed E-state index contributed by atoms with van der Waals surface area (Å²) in [4.78, 5) is 12.0. The Bertz CT molecular complexity index is 512. The predicted octanol–water partition coefficient (Wildman–Crippen LogP) is 2.36. The van der Waals surface area contributed by atoms with Crippen molar-refractivity contribution in [3.8, 4) is 0 Å². The maximum atomic E-state index is 13.3. The first-order valence-electron chi connectivity index (χ1n) is 7.49. The Morgan fingerprint density at radius 1 is 1.26 bits per heavy atom. The van der Waals surface area contributed by atoms with Crippen LogP contribution in [-0.4, -0.2) is 37.5 Å². The molecule has 130 valence electrons. The van der Waals surface area contributed by atoms with Crippen LogP contribution >= 0.6 is 0 Å². The lowest BCUT2D eigenvalue weighted by atomic mass is 10.0. The quantitative estimate of drug-likeness (QED) is 0.685. The molecule has 1 aromatic rings. The zero-order valence-corrected chi connectivity index (χ0v) is 13.6. The summed E-state index contributed by atoms with van der Waals surface area (Å²) in [6.45, 7) is 3.90. The lowest BCUT2D eigenvalue weighted by Gasteiger charge is -2.22. The highest BCUT2D eigenvalue weighted by atomic mass is 19.2. The fourth-order valence-electron chi connectivity index (χ4n) is 2.25. The van der Waals surface area contributed by atoms with Gasteiger partial charge < -0.3 is 20.5 Å². The molecule has 2 atom stereocenters. The summed E-state index contributed by atoms with van der Waals surface area (Å²) in [5.74, 6) is -1.63. The summed E-state index contributed by atoms with van der Waals surface area (Å²) in [6, 6.07) is 1.91. The third-order valence-electron chi connectivity index (χ3n) is 3.30. The largest absolute Gasteiger partial charge is 0.394 e. The molecule has 0 bridgehead atoms. The molecule has 0 saturated heterocycles. The van der Waals surface area contributed by atoms with E-state index in [1.54, 1.807) is 0 Å². The van der Waals surface area contributed by atoms with Crippen molar-refractivity contribution < 1.29 is 23.4 Å². The molecule has 1 aromatic carbocycles. The van der Waals surface area contributed by atoms with Crippen LogP contribution in [0.15, 0.2) is 18.2 Å². The van der Waals surface area contributed by atoms with E-state index in [4.69, 9.17) is 4.74 Å². The highest BCUT2D eigenvalue weighted by Gasteiger charge is 2.19. The van der Waals surface area contributed by atoms with Gasteiger partial charge in [-0.15, -0.1) is 0 Å². The van der Waals surface area contributed by atoms with E-state index in [2.05, 4.69) is 10.6 Å². The van der Waals surface area contributed by atoms with Gasteiger partial charge in [-0.25, -0.2) is 13.6 Å². The first-order chi connectivity index (χ1) is 10.9. The smallest absolute Gasteiger partial charge is 0.315 e. The molecule has 2 unspecified atom stereocenters. The molecular formula is C16H24F2N2O3. The molecule has 0 spiro atoms. The fraction of sp³-hybridized carbons (Fsp3) is 0.562. The van der Waals surface area contributed by atoms with E-state index in [0.717, 1.165) is 12.1 Å². The first-order valence-corrected chi connectivity index (χ1v) is 7.49. The van der Waals surface area contributed by atoms with Crippen molar-refractivity contribution in [3.63, 3.8) is 0 Å². The maximum absolute atomic E-state index is 13.3. The summed E-state index contributed by atoms with van der Waals surface area (Å²) in [7, 11) is 1.45. The van der Waals surface area contributed by atoms with Crippen LogP contribution in [0, 0.1) is 17.6 Å². The van der Waals surface area contributed by atoms with Crippen LogP contribution in [-0.2, 0) is 4.74 Å². The molecule has 7 heteroatoms. The molecule has 0 aliphatic heterocycles. The van der Waals surface area contributed by atoms with E-state index in [1.807, 2.05) is 13.8 Å². The molecule has 0 radical (unpaired) electrons. The number of aliphatic hydroxyl groups excluding tert-OH is 1. The van der Waals surface area contributed by atoms with Gasteiger partial charge in [-0.1, -0.05) is 19.9 Å². The summed E-state index contributed by atoms with van der Waals surface area (Å²) >= 11 is 0. The second-order valence-corrected chi connectivity index (χ2v) is 5.81. The number of halogens is 2. The minimum atomic E-state index is -0.987. The van der Waals surface area contributed by atoms with Gasteiger partial charge in [-0.05, 0) is 30.0 Å². The van der Waals surface area contributed by atoms with Gasteiger partial charge in [0.15, 0.2) is 11.6 Å². The molecular weight excluding hydrogens is 306 g/mol. The number of ether oxygens (including phenoxy) is 1. The van der Waals surface area contributed by atoms with Crippen LogP contribution in [0.1, 0.15) is 31.9 Å². The SMILES string of the molecule is COCC(NC(=O)NC(CO)CC(C)C)c1ccc(F)c(F)c1. The average Bonchev–Trinajstić information content (AvgIpc) is 2.48. The average molecular weight is 330 g/mol. The topological polar surface area (TPSA) is 70.6 Å². The van der Waals surface area contributed by atoms with E-state index >= 15 is 0 Å². The number of carbonyl (C=O) groups is 1. The zero-order valence-electron chi connectivity index (χ0n) is 13.6. The number of hydrogen-bond acceptors (Lipinski definition) is 3. The maximum Gasteiger partial charge on any atom is 0.315 e. The van der Waals surface area contributed by atoms with Crippen molar-refractivity contribution in [2.45, 2.75) is 32.4 Å². The number of amides is 2. The molecule has 1 rings (SSSR count). The van der Waals surface area contributed by atoms with Crippen LogP contribution in [0.5, 0.6) is 0 Å². The van der Waals surface area contributed by atoms with Gasteiger partial charge in [-0.3, -0.25) is 0 Å². The zero-order chi connectivity index (χ0) is 17.4. The Labute approximate surface area is 135 Å². The number of benzene rings is 1. The Kier molecular flexibility index (Phi) is 7.91. The van der Waals surface area contributed by atoms with Gasteiger partial charge in [0, 0.05) is 7.11 Å². The molecule has 0 heterocycles. The number of aliphatic hydroxyl groups is 1. The minimum Gasteiger partial charge on any atom is -0.394 e. The van der Waals surface area contributed by atoms with Crippen molar-refractivity contribution in [2.75, 3.05) is 20.3 Å². The van der Waals surface area contributed by atoms with Gasteiger partial charge in [0.2, 0.25) is 0 Å². The van der Waals surface area contributed by atoms with Crippen LogP contribution in [0.4, 0.5) is 13.6 Å². The van der Waals surface area contributed by atoms with E-state index in [9.17, 15) is 18.7 Å². The highest BCUT2D eigenvalue weighted by Crippen LogP contribution is 2.17. The van der Waals surface area contributed by atoms with Crippen molar-refractivity contribution in [2.24, 2.45) is 5.92 Å². The lowest BCUT2D eigenvalue weighted by molar-refractivity contribution is 0.162. The standard InChI is InChI=1S/C16H24F2N2O3/c1-10(2)6-12(8-21)19-16(22)20-15(9-23-3)11-4-5-13(17)14(18)7-11/h4-5,7,10,12,15,21H,6,8-9H2,1-3H3,(H2,19,20,22). The second kappa shape index (κ2) is 9.42. The van der Waals surface area contributed by atoms with E-state index in [0.29, 0.717) is 17.9 Å². The van der Waals surface area contributed by atoms with E-state index in [-0.39, 0.29) is 19.3 Å². The summed E-state index contributed by atoms with van der Waals surface area (Å²) in [5, 5.41) is 14.6. The van der Waals surface area contributed by atoms with Crippen molar-refractivity contribution in [3.05, 3.63) is 35.4 Å². The van der Waals surface area contributed by atoms with E-state index in [1.165, 1.54) is 13.2 Å². The highest BCUT2D eigenvalue weighted by molar-refractivity contribution is 5.74. The second-order valence-electron chi connectivity index (χ2n) is 5.81. The number of rotatable bonds is 8. The van der Waals surface area contributed by atoms with Crippen molar-refractivity contribution in [1.82, 2.24) is 10.6 Å². The number of hydrogen-bond donors (Lipinski definition) is 3. The summed E-state index contributed by atoms with van der Waals surface area (Å²) in [6.07, 6.45) is 0.629. The van der Waals surface area contributed by atoms with Crippen molar-refractivity contribution >= 4 is 6.03 Å². The van der Waals surface area contributed by atoms with Crippen LogP contribution < -0.4 is 10.6 Å². The molecule has 23 heavy (non-hydrogen) atoms. The number of urea groups is 1. The molecule has 0 aliphatic carbocycles. The first kappa shape index (κ1) is 19.3. The molecule has 2 amide bonds. The van der Waals surface area contributed by atoms with Gasteiger partial charge in [0.1, 0.15) is 0 Å². The minimum absolute atomic E-state index is 0.104. The fourth-order valence-corrected chi connectivity index (χ4v) is 2.25. The van der Waals surface area contributed by atoms with Crippen LogP contribution in [0.25, 0.3) is 0 Å². The van der Waals surface area contributed by atoms with Gasteiger partial charge in [0.05, 0.1) is 25.3 Å². The molecule has 5 nitrogen and oxygen atoms in total. The van der Waals surface area contributed by atoms with E-state index < -0.39 is 23.7 Å². The number of methoxy groups -OCH3 is 1. The normalized spacial score (nSPS) is 13.7. The molecule has 0 aromatic heterocycles. The van der Waals surface area contributed by atoms with Gasteiger partial charge >= 0.3 is 6.03 Å². The molecule has 0 saturated carbocycles. The van der Waals surface area contributed by atoms with Crippen molar-refractivity contribution in [1.29, 1.82) is 0 Å². The lowest BCUT2D eigenvalue weighted by Crippen LogP contribution is -2.46. The third-order valence-corrected chi connectivity index (χ3v) is 3.30. The molecule has 0 fully saturated rings. The number of nitrogens with one attached hydrogen (secondary N) is 2. The monoisotopic (exact) mass is 330 g/mol. The van der Waals surface area contributed by atoms with Crippen LogP contribution in [0.3, 0.4) is 0 Å². The predicted molar refractivity (Wildman–Crippen MR) is 83.0 cm³/mol. The Balaban J connectivity index is 2.74. The van der Waals surface area contributed by atoms with Crippen LogP contribution in [0.2, 0.25) is 0 Å². The molecule has 0 aliphatic rings. The van der Waals surface area contributed by atoms with Gasteiger partial charge in [0.25, 0.3) is 0 Å². The van der Waals surface area contributed by atoms with Gasteiger partial charge in [-0.2, -0.15) is 0 Å². The molecule has 3 N–H and O–H groups in total. The third kappa shape index (κ3) is 6.50. The Morgan fingerprint density at radius 2 is 1.96 bits per heavy atom. The number of carbonyl (C=O) groups excluding carboxylic acids is 1. The Hall–Kier alpha value is -1.73.